The minimum absolute atomic E-state index is 0.0521. The molecule has 1 aliphatic carbocycles. The molecule has 1 amide bonds. The smallest absolute Gasteiger partial charge is 0.254 e. The van der Waals surface area contributed by atoms with E-state index in [2.05, 4.69) is 29.5 Å². The Labute approximate surface area is 112 Å². The second kappa shape index (κ2) is 5.15. The van der Waals surface area contributed by atoms with Gasteiger partial charge in [0.25, 0.3) is 5.91 Å². The SMILES string of the molecule is CCCNc1nccc(C(=O)NC2CC2(C)C)c1F. The Morgan fingerprint density at radius 2 is 2.26 bits per heavy atom. The molecule has 0 aromatic carbocycles. The number of nitrogens with one attached hydrogen (secondary N) is 2. The fraction of sp³-hybridized carbons (Fsp3) is 0.571. The van der Waals surface area contributed by atoms with Crippen LogP contribution < -0.4 is 10.6 Å². The number of hydrogen-bond donors (Lipinski definition) is 2. The lowest BCUT2D eigenvalue weighted by Crippen LogP contribution is -2.29. The fourth-order valence-electron chi connectivity index (χ4n) is 1.94. The lowest BCUT2D eigenvalue weighted by atomic mass is 10.2. The van der Waals surface area contributed by atoms with Crippen LogP contribution in [0.1, 0.15) is 44.0 Å². The zero-order chi connectivity index (χ0) is 14.0. The second-order valence-corrected chi connectivity index (χ2v) is 5.67. The summed E-state index contributed by atoms with van der Waals surface area (Å²) in [5, 5.41) is 5.73. The predicted molar refractivity (Wildman–Crippen MR) is 72.6 cm³/mol. The van der Waals surface area contributed by atoms with Crippen molar-refractivity contribution < 1.29 is 9.18 Å². The van der Waals surface area contributed by atoms with Crippen molar-refractivity contribution in [3.8, 4) is 0 Å². The van der Waals surface area contributed by atoms with Crippen LogP contribution in [-0.2, 0) is 0 Å². The van der Waals surface area contributed by atoms with Crippen molar-refractivity contribution in [1.29, 1.82) is 0 Å². The van der Waals surface area contributed by atoms with Crippen molar-refractivity contribution in [3.63, 3.8) is 0 Å². The third-order valence-electron chi connectivity index (χ3n) is 3.50. The molecule has 2 rings (SSSR count). The fourth-order valence-corrected chi connectivity index (χ4v) is 1.94. The normalized spacial score (nSPS) is 19.9. The van der Waals surface area contributed by atoms with Crippen molar-refractivity contribution in [2.75, 3.05) is 11.9 Å². The van der Waals surface area contributed by atoms with Gasteiger partial charge in [0.1, 0.15) is 0 Å². The molecule has 0 saturated heterocycles. The summed E-state index contributed by atoms with van der Waals surface area (Å²) in [6.45, 7) is 6.77. The molecular weight excluding hydrogens is 245 g/mol. The largest absolute Gasteiger partial charge is 0.368 e. The minimum Gasteiger partial charge on any atom is -0.368 e. The molecule has 1 fully saturated rings. The Kier molecular flexibility index (Phi) is 3.73. The van der Waals surface area contributed by atoms with Crippen LogP contribution in [0.3, 0.4) is 0 Å². The third-order valence-corrected chi connectivity index (χ3v) is 3.50. The number of nitrogens with zero attached hydrogens (tertiary/aromatic N) is 1. The molecular formula is C14H20FN3O. The van der Waals surface area contributed by atoms with Crippen molar-refractivity contribution in [3.05, 3.63) is 23.6 Å². The molecule has 104 valence electrons. The molecule has 4 nitrogen and oxygen atoms in total. The third kappa shape index (κ3) is 3.03. The number of pyridine rings is 1. The molecule has 1 aromatic heterocycles. The van der Waals surface area contributed by atoms with E-state index < -0.39 is 5.82 Å². The van der Waals surface area contributed by atoms with E-state index in [1.54, 1.807) is 0 Å². The summed E-state index contributed by atoms with van der Waals surface area (Å²) in [5.74, 6) is -0.800. The Morgan fingerprint density at radius 3 is 2.84 bits per heavy atom. The topological polar surface area (TPSA) is 54.0 Å². The molecule has 0 spiro atoms. The summed E-state index contributed by atoms with van der Waals surface area (Å²) in [5.41, 5.74) is 0.180. The zero-order valence-corrected chi connectivity index (χ0v) is 11.6. The molecule has 0 bridgehead atoms. The van der Waals surface area contributed by atoms with E-state index in [1.807, 2.05) is 6.92 Å². The molecule has 19 heavy (non-hydrogen) atoms. The average Bonchev–Trinajstić information content (AvgIpc) is 2.95. The highest BCUT2D eigenvalue weighted by Gasteiger charge is 2.46. The number of carbonyl (C=O) groups excluding carboxylic acids is 1. The molecule has 0 radical (unpaired) electrons. The molecule has 0 aliphatic heterocycles. The molecule has 1 heterocycles. The monoisotopic (exact) mass is 265 g/mol. The molecule has 1 atom stereocenters. The number of aromatic nitrogens is 1. The highest BCUT2D eigenvalue weighted by atomic mass is 19.1. The Bertz CT molecular complexity index is 488. The van der Waals surface area contributed by atoms with Gasteiger partial charge in [-0.05, 0) is 24.3 Å². The second-order valence-electron chi connectivity index (χ2n) is 5.67. The highest BCUT2D eigenvalue weighted by Crippen LogP contribution is 2.44. The summed E-state index contributed by atoms with van der Waals surface area (Å²) in [6.07, 6.45) is 3.26. The number of anilines is 1. The van der Waals surface area contributed by atoms with E-state index in [4.69, 9.17) is 0 Å². The Balaban J connectivity index is 2.09. The van der Waals surface area contributed by atoms with Crippen molar-refractivity contribution >= 4 is 11.7 Å². The van der Waals surface area contributed by atoms with Crippen LogP contribution in [0.25, 0.3) is 0 Å². The first kappa shape index (κ1) is 13.8. The minimum atomic E-state index is -0.577. The molecule has 1 saturated carbocycles. The van der Waals surface area contributed by atoms with E-state index in [1.165, 1.54) is 12.3 Å². The molecule has 1 aromatic rings. The van der Waals surface area contributed by atoms with E-state index in [0.717, 1.165) is 12.8 Å². The first-order chi connectivity index (χ1) is 8.95. The van der Waals surface area contributed by atoms with Gasteiger partial charge in [-0.3, -0.25) is 4.79 Å². The Morgan fingerprint density at radius 1 is 1.58 bits per heavy atom. The molecule has 1 unspecified atom stereocenters. The lowest BCUT2D eigenvalue weighted by molar-refractivity contribution is 0.0942. The van der Waals surface area contributed by atoms with E-state index in [9.17, 15) is 9.18 Å². The summed E-state index contributed by atoms with van der Waals surface area (Å²) in [6, 6.07) is 1.55. The lowest BCUT2D eigenvalue weighted by Gasteiger charge is -2.10. The van der Waals surface area contributed by atoms with Crippen LogP contribution in [0.15, 0.2) is 12.3 Å². The Hall–Kier alpha value is -1.65. The van der Waals surface area contributed by atoms with Gasteiger partial charge in [0.15, 0.2) is 11.6 Å². The van der Waals surface area contributed by atoms with Gasteiger partial charge in [0.05, 0.1) is 5.56 Å². The van der Waals surface area contributed by atoms with E-state index >= 15 is 0 Å². The predicted octanol–water partition coefficient (Wildman–Crippen LogP) is 2.57. The molecule has 1 aliphatic rings. The number of rotatable bonds is 5. The van der Waals surface area contributed by atoms with Crippen LogP contribution in [-0.4, -0.2) is 23.5 Å². The van der Waals surface area contributed by atoms with E-state index in [-0.39, 0.29) is 28.7 Å². The summed E-state index contributed by atoms with van der Waals surface area (Å²) < 4.78 is 14.1. The van der Waals surface area contributed by atoms with Crippen molar-refractivity contribution in [2.24, 2.45) is 5.41 Å². The number of carbonyl (C=O) groups is 1. The van der Waals surface area contributed by atoms with Gasteiger partial charge in [-0.25, -0.2) is 9.37 Å². The van der Waals surface area contributed by atoms with Gasteiger partial charge in [-0.15, -0.1) is 0 Å². The first-order valence-electron chi connectivity index (χ1n) is 6.65. The molecule has 2 N–H and O–H groups in total. The number of hydrogen-bond acceptors (Lipinski definition) is 3. The average molecular weight is 265 g/mol. The van der Waals surface area contributed by atoms with Gasteiger partial charge >= 0.3 is 0 Å². The maximum absolute atomic E-state index is 14.1. The van der Waals surface area contributed by atoms with Gasteiger partial charge in [-0.1, -0.05) is 20.8 Å². The number of halogens is 1. The van der Waals surface area contributed by atoms with Crippen LogP contribution in [0.4, 0.5) is 10.2 Å². The van der Waals surface area contributed by atoms with Crippen LogP contribution in [0.5, 0.6) is 0 Å². The highest BCUT2D eigenvalue weighted by molar-refractivity contribution is 5.95. The van der Waals surface area contributed by atoms with Crippen molar-refractivity contribution in [1.82, 2.24) is 10.3 Å². The standard InChI is InChI=1S/C14H20FN3O/c1-4-6-16-12-11(15)9(5-7-17-12)13(19)18-10-8-14(10,2)3/h5,7,10H,4,6,8H2,1-3H3,(H,16,17)(H,18,19). The zero-order valence-electron chi connectivity index (χ0n) is 11.6. The van der Waals surface area contributed by atoms with Gasteiger partial charge in [-0.2, -0.15) is 0 Å². The number of amides is 1. The quantitative estimate of drug-likeness (QED) is 0.860. The van der Waals surface area contributed by atoms with Gasteiger partial charge in [0, 0.05) is 18.8 Å². The van der Waals surface area contributed by atoms with Crippen molar-refractivity contribution in [2.45, 2.75) is 39.7 Å². The van der Waals surface area contributed by atoms with Crippen LogP contribution in [0, 0.1) is 11.2 Å². The van der Waals surface area contributed by atoms with Gasteiger partial charge < -0.3 is 10.6 Å². The first-order valence-corrected chi connectivity index (χ1v) is 6.65. The molecule has 5 heteroatoms. The van der Waals surface area contributed by atoms with Crippen LogP contribution >= 0.6 is 0 Å². The maximum Gasteiger partial charge on any atom is 0.254 e. The van der Waals surface area contributed by atoms with Crippen LogP contribution in [0.2, 0.25) is 0 Å². The summed E-state index contributed by atoms with van der Waals surface area (Å²) in [4.78, 5) is 15.9. The van der Waals surface area contributed by atoms with E-state index in [0.29, 0.717) is 6.54 Å². The van der Waals surface area contributed by atoms with Gasteiger partial charge in [0.2, 0.25) is 0 Å². The summed E-state index contributed by atoms with van der Waals surface area (Å²) in [7, 11) is 0. The maximum atomic E-state index is 14.1. The summed E-state index contributed by atoms with van der Waals surface area (Å²) >= 11 is 0.